The van der Waals surface area contributed by atoms with Crippen LogP contribution < -0.4 is 4.57 Å². The zero-order chi connectivity index (χ0) is 32.2. The Morgan fingerprint density at radius 2 is 1.30 bits per heavy atom. The number of furan rings is 1. The zero-order valence-corrected chi connectivity index (χ0v) is 26.9. The summed E-state index contributed by atoms with van der Waals surface area (Å²) in [6, 6.07) is 32.9. The summed E-state index contributed by atoms with van der Waals surface area (Å²) >= 11 is 0. The third-order valence-corrected chi connectivity index (χ3v) is 8.60. The van der Waals surface area contributed by atoms with Crippen LogP contribution in [0.3, 0.4) is 0 Å². The molecule has 3 aromatic heterocycles. The molecule has 0 atom stereocenters. The average molecular weight is 601 g/mol. The number of pyridine rings is 1. The molecule has 3 heterocycles. The smallest absolute Gasteiger partial charge is 0.216 e. The summed E-state index contributed by atoms with van der Waals surface area (Å²) in [6.07, 6.45) is 2.07. The molecule has 0 aliphatic carbocycles. The van der Waals surface area contributed by atoms with Gasteiger partial charge in [-0.15, -0.1) is 0 Å². The van der Waals surface area contributed by atoms with E-state index in [0.29, 0.717) is 34.2 Å². The van der Waals surface area contributed by atoms with Crippen LogP contribution in [0.4, 0.5) is 0 Å². The summed E-state index contributed by atoms with van der Waals surface area (Å²) < 4.78 is 8.93. The number of hydrogen-bond acceptors (Lipinski definition) is 5. The minimum absolute atomic E-state index is 0.0172. The van der Waals surface area contributed by atoms with Gasteiger partial charge in [0.25, 0.3) is 0 Å². The number of aromatic nitrogens is 4. The second-order valence-corrected chi connectivity index (χ2v) is 12.9. The van der Waals surface area contributed by atoms with E-state index in [-0.39, 0.29) is 5.41 Å². The standard InChI is InChI=1S/C40H34N5O/c1-24-20-21-45(6)32(22-24)33-25(2)12-18-30-31-19-15-28(23-41)34(36(31)46-35(30)33)39-43-37(26-10-8-7-9-11-26)42-38(44-39)27-13-16-29(17-14-27)40(3,4)5/h7-22H,1-6H3/q+1. The quantitative estimate of drug-likeness (QED) is 0.188. The van der Waals surface area contributed by atoms with Crippen LogP contribution in [0.15, 0.2) is 102 Å². The van der Waals surface area contributed by atoms with Crippen molar-refractivity contribution in [3.8, 4) is 51.5 Å². The van der Waals surface area contributed by atoms with Crippen LogP contribution in [0, 0.1) is 25.2 Å². The molecule has 0 saturated carbocycles. The van der Waals surface area contributed by atoms with Gasteiger partial charge in [0.1, 0.15) is 24.3 Å². The molecule has 46 heavy (non-hydrogen) atoms. The number of nitriles is 1. The van der Waals surface area contributed by atoms with E-state index in [1.54, 1.807) is 0 Å². The van der Waals surface area contributed by atoms with Gasteiger partial charge in [0.2, 0.25) is 5.69 Å². The van der Waals surface area contributed by atoms with E-state index >= 15 is 0 Å². The first-order chi connectivity index (χ1) is 22.1. The molecule has 7 rings (SSSR count). The van der Waals surface area contributed by atoms with Crippen molar-refractivity contribution in [2.24, 2.45) is 7.05 Å². The molecule has 0 fully saturated rings. The van der Waals surface area contributed by atoms with Crippen molar-refractivity contribution in [1.82, 2.24) is 15.0 Å². The van der Waals surface area contributed by atoms with Gasteiger partial charge in [-0.2, -0.15) is 5.26 Å². The van der Waals surface area contributed by atoms with Crippen LogP contribution in [0.5, 0.6) is 0 Å². The van der Waals surface area contributed by atoms with Crippen LogP contribution in [-0.2, 0) is 12.5 Å². The van der Waals surface area contributed by atoms with Crippen LogP contribution in [0.2, 0.25) is 0 Å². The van der Waals surface area contributed by atoms with Crippen LogP contribution in [-0.4, -0.2) is 15.0 Å². The fourth-order valence-corrected chi connectivity index (χ4v) is 6.01. The summed E-state index contributed by atoms with van der Waals surface area (Å²) in [4.78, 5) is 14.9. The topological polar surface area (TPSA) is 79.5 Å². The predicted molar refractivity (Wildman–Crippen MR) is 183 cm³/mol. The van der Waals surface area contributed by atoms with Gasteiger partial charge in [-0.3, -0.25) is 0 Å². The van der Waals surface area contributed by atoms with Crippen LogP contribution in [0.1, 0.15) is 43.0 Å². The predicted octanol–water partition coefficient (Wildman–Crippen LogP) is 9.05. The molecule has 0 radical (unpaired) electrons. The van der Waals surface area contributed by atoms with E-state index in [1.165, 1.54) is 5.56 Å². The third-order valence-electron chi connectivity index (χ3n) is 8.60. The molecule has 0 bridgehead atoms. The first-order valence-electron chi connectivity index (χ1n) is 15.4. The summed E-state index contributed by atoms with van der Waals surface area (Å²) in [6.45, 7) is 10.8. The summed E-state index contributed by atoms with van der Waals surface area (Å²) in [7, 11) is 2.04. The fourth-order valence-electron chi connectivity index (χ4n) is 6.01. The molecular formula is C40H34N5O+. The number of hydrogen-bond donors (Lipinski definition) is 0. The molecule has 0 spiro atoms. The Labute approximate surface area is 268 Å². The van der Waals surface area contributed by atoms with Crippen molar-refractivity contribution >= 4 is 21.9 Å². The van der Waals surface area contributed by atoms with E-state index in [1.807, 2.05) is 49.5 Å². The summed E-state index contributed by atoms with van der Waals surface area (Å²) in [5.74, 6) is 1.45. The Kier molecular flexibility index (Phi) is 6.98. The van der Waals surface area contributed by atoms with Gasteiger partial charge in [0.05, 0.1) is 16.7 Å². The maximum atomic E-state index is 10.4. The Morgan fingerprint density at radius 1 is 0.696 bits per heavy atom. The molecular weight excluding hydrogens is 566 g/mol. The van der Waals surface area contributed by atoms with Crippen molar-refractivity contribution in [1.29, 1.82) is 5.26 Å². The van der Waals surface area contributed by atoms with Crippen molar-refractivity contribution in [3.05, 3.63) is 119 Å². The molecule has 4 aromatic carbocycles. The van der Waals surface area contributed by atoms with Gasteiger partial charge in [-0.05, 0) is 48.1 Å². The molecule has 0 aliphatic rings. The van der Waals surface area contributed by atoms with Crippen molar-refractivity contribution < 1.29 is 8.98 Å². The van der Waals surface area contributed by atoms with E-state index in [0.717, 1.165) is 49.9 Å². The van der Waals surface area contributed by atoms with Gasteiger partial charge in [-0.25, -0.2) is 19.5 Å². The number of benzene rings is 4. The minimum Gasteiger partial charge on any atom is -0.454 e. The maximum Gasteiger partial charge on any atom is 0.216 e. The van der Waals surface area contributed by atoms with Crippen molar-refractivity contribution in [3.63, 3.8) is 0 Å². The van der Waals surface area contributed by atoms with Crippen LogP contribution in [0.25, 0.3) is 67.4 Å². The summed E-state index contributed by atoms with van der Waals surface area (Å²) in [5, 5.41) is 12.2. The normalized spacial score (nSPS) is 11.7. The van der Waals surface area contributed by atoms with Gasteiger partial charge < -0.3 is 4.42 Å². The Balaban J connectivity index is 1.52. The number of fused-ring (bicyclic) bond motifs is 3. The van der Waals surface area contributed by atoms with Gasteiger partial charge >= 0.3 is 0 Å². The molecule has 0 N–H and O–H groups in total. The van der Waals surface area contributed by atoms with Crippen molar-refractivity contribution in [2.75, 3.05) is 0 Å². The monoisotopic (exact) mass is 600 g/mol. The second-order valence-electron chi connectivity index (χ2n) is 12.9. The van der Waals surface area contributed by atoms with Gasteiger partial charge in [-0.1, -0.05) is 87.5 Å². The van der Waals surface area contributed by atoms with Crippen LogP contribution >= 0.6 is 0 Å². The number of nitrogens with zero attached hydrogens (tertiary/aromatic N) is 5. The largest absolute Gasteiger partial charge is 0.454 e. The van der Waals surface area contributed by atoms with Gasteiger partial charge in [0.15, 0.2) is 23.7 Å². The molecule has 6 heteroatoms. The molecule has 6 nitrogen and oxygen atoms in total. The lowest BCUT2D eigenvalue weighted by Crippen LogP contribution is -2.30. The first kappa shape index (κ1) is 29.1. The lowest BCUT2D eigenvalue weighted by atomic mass is 9.87. The molecule has 0 saturated heterocycles. The lowest BCUT2D eigenvalue weighted by molar-refractivity contribution is -0.660. The Morgan fingerprint density at radius 3 is 1.96 bits per heavy atom. The second kappa shape index (κ2) is 11.0. The van der Waals surface area contributed by atoms with E-state index in [9.17, 15) is 5.26 Å². The highest BCUT2D eigenvalue weighted by molar-refractivity contribution is 6.13. The zero-order valence-electron chi connectivity index (χ0n) is 26.9. The lowest BCUT2D eigenvalue weighted by Gasteiger charge is -2.19. The molecule has 0 aliphatic heterocycles. The average Bonchev–Trinajstić information content (AvgIpc) is 3.44. The number of rotatable bonds is 4. The highest BCUT2D eigenvalue weighted by Crippen LogP contribution is 2.42. The first-order valence-corrected chi connectivity index (χ1v) is 15.4. The van der Waals surface area contributed by atoms with Gasteiger partial charge in [0, 0.05) is 34.0 Å². The van der Waals surface area contributed by atoms with E-state index in [4.69, 9.17) is 19.4 Å². The Hall–Kier alpha value is -5.67. The fraction of sp³-hybridized carbons (Fsp3) is 0.175. The molecule has 7 aromatic rings. The molecule has 0 unspecified atom stereocenters. The third kappa shape index (κ3) is 5.00. The number of aryl methyl sites for hydroxylation is 3. The summed E-state index contributed by atoms with van der Waals surface area (Å²) in [5.41, 5.74) is 9.64. The SMILES string of the molecule is Cc1cc[n+](C)c(-c2c(C)ccc3c2oc2c(-c4nc(-c5ccccc5)nc(-c5ccc(C(C)(C)C)cc5)n4)c(C#N)ccc23)c1. The maximum absolute atomic E-state index is 10.4. The minimum atomic E-state index is 0.0172. The van der Waals surface area contributed by atoms with Crippen molar-refractivity contribution in [2.45, 2.75) is 40.0 Å². The molecule has 224 valence electrons. The Bertz CT molecular complexity index is 2320. The van der Waals surface area contributed by atoms with E-state index in [2.05, 4.69) is 100.0 Å². The highest BCUT2D eigenvalue weighted by Gasteiger charge is 2.25. The van der Waals surface area contributed by atoms with E-state index < -0.39 is 0 Å². The molecule has 0 amide bonds. The highest BCUT2D eigenvalue weighted by atomic mass is 16.3.